The Morgan fingerprint density at radius 2 is 1.66 bits per heavy atom. The van der Waals surface area contributed by atoms with E-state index in [1.807, 2.05) is 54.6 Å². The fourth-order valence-corrected chi connectivity index (χ4v) is 3.55. The molecule has 6 nitrogen and oxygen atoms in total. The summed E-state index contributed by atoms with van der Waals surface area (Å²) in [5.41, 5.74) is 2.71. The molecule has 1 fully saturated rings. The van der Waals surface area contributed by atoms with Gasteiger partial charge in [-0.25, -0.2) is 0 Å². The summed E-state index contributed by atoms with van der Waals surface area (Å²) in [6.45, 7) is 6.11. The summed E-state index contributed by atoms with van der Waals surface area (Å²) in [4.78, 5) is 15.0. The van der Waals surface area contributed by atoms with Crippen LogP contribution in [0.2, 0.25) is 0 Å². The lowest BCUT2D eigenvalue weighted by Crippen LogP contribution is -2.29. The van der Waals surface area contributed by atoms with E-state index in [-0.39, 0.29) is 5.91 Å². The molecule has 1 aliphatic heterocycles. The summed E-state index contributed by atoms with van der Waals surface area (Å²) in [7, 11) is 0. The number of nitrogens with one attached hydrogen (secondary N) is 1. The number of amides is 1. The lowest BCUT2D eigenvalue weighted by molar-refractivity contribution is 0.0938. The van der Waals surface area contributed by atoms with Crippen molar-refractivity contribution >= 4 is 11.9 Å². The SMILES string of the molecule is CC(C)c1ccc(C(=O)NC(c2ccccc2)c2nnc(N3CCCC3)o2)cc1. The van der Waals surface area contributed by atoms with Crippen LogP contribution < -0.4 is 10.2 Å². The van der Waals surface area contributed by atoms with Crippen LogP contribution in [0.5, 0.6) is 0 Å². The largest absolute Gasteiger partial charge is 0.405 e. The van der Waals surface area contributed by atoms with Crippen LogP contribution in [0, 0.1) is 0 Å². The molecule has 29 heavy (non-hydrogen) atoms. The number of hydrogen-bond donors (Lipinski definition) is 1. The highest BCUT2D eigenvalue weighted by molar-refractivity contribution is 5.94. The molecule has 0 radical (unpaired) electrons. The zero-order valence-electron chi connectivity index (χ0n) is 16.8. The minimum atomic E-state index is -0.502. The van der Waals surface area contributed by atoms with Gasteiger partial charge in [-0.3, -0.25) is 4.79 Å². The highest BCUT2D eigenvalue weighted by atomic mass is 16.4. The first-order chi connectivity index (χ1) is 14.1. The zero-order valence-corrected chi connectivity index (χ0v) is 16.8. The van der Waals surface area contributed by atoms with Crippen LogP contribution >= 0.6 is 0 Å². The third-order valence-corrected chi connectivity index (χ3v) is 5.30. The summed E-state index contributed by atoms with van der Waals surface area (Å²) < 4.78 is 5.96. The van der Waals surface area contributed by atoms with E-state index in [1.165, 1.54) is 5.56 Å². The Morgan fingerprint density at radius 3 is 2.31 bits per heavy atom. The van der Waals surface area contributed by atoms with Gasteiger partial charge in [0.25, 0.3) is 5.91 Å². The molecular weight excluding hydrogens is 364 g/mol. The number of hydrogen-bond acceptors (Lipinski definition) is 5. The monoisotopic (exact) mass is 390 g/mol. The van der Waals surface area contributed by atoms with Crippen molar-refractivity contribution in [2.75, 3.05) is 18.0 Å². The number of anilines is 1. The van der Waals surface area contributed by atoms with Gasteiger partial charge in [0.2, 0.25) is 5.89 Å². The molecule has 4 rings (SSSR count). The Morgan fingerprint density at radius 1 is 0.966 bits per heavy atom. The Hall–Kier alpha value is -3.15. The minimum Gasteiger partial charge on any atom is -0.405 e. The Kier molecular flexibility index (Phi) is 5.60. The molecule has 0 aliphatic carbocycles. The van der Waals surface area contributed by atoms with Gasteiger partial charge in [-0.05, 0) is 42.0 Å². The van der Waals surface area contributed by atoms with E-state index in [4.69, 9.17) is 4.42 Å². The van der Waals surface area contributed by atoms with Crippen LogP contribution in [0.15, 0.2) is 59.0 Å². The van der Waals surface area contributed by atoms with Crippen molar-refractivity contribution in [3.8, 4) is 0 Å². The van der Waals surface area contributed by atoms with E-state index in [9.17, 15) is 4.79 Å². The fourth-order valence-electron chi connectivity index (χ4n) is 3.55. The molecule has 3 aromatic rings. The summed E-state index contributed by atoms with van der Waals surface area (Å²) >= 11 is 0. The van der Waals surface area contributed by atoms with Gasteiger partial charge in [0.05, 0.1) is 0 Å². The number of carbonyl (C=O) groups excluding carboxylic acids is 1. The third-order valence-electron chi connectivity index (χ3n) is 5.30. The van der Waals surface area contributed by atoms with Crippen molar-refractivity contribution < 1.29 is 9.21 Å². The minimum absolute atomic E-state index is 0.171. The van der Waals surface area contributed by atoms with Gasteiger partial charge in [-0.1, -0.05) is 61.4 Å². The van der Waals surface area contributed by atoms with Gasteiger partial charge in [0.1, 0.15) is 6.04 Å². The molecule has 6 heteroatoms. The first-order valence-electron chi connectivity index (χ1n) is 10.2. The molecule has 0 bridgehead atoms. The quantitative estimate of drug-likeness (QED) is 0.679. The summed E-state index contributed by atoms with van der Waals surface area (Å²) in [6, 6.07) is 17.4. The van der Waals surface area contributed by atoms with Gasteiger partial charge in [0.15, 0.2) is 0 Å². The fraction of sp³-hybridized carbons (Fsp3) is 0.348. The van der Waals surface area contributed by atoms with E-state index in [1.54, 1.807) is 0 Å². The molecule has 1 atom stereocenters. The van der Waals surface area contributed by atoms with Crippen LogP contribution in [-0.4, -0.2) is 29.2 Å². The molecule has 0 saturated carbocycles. The van der Waals surface area contributed by atoms with Gasteiger partial charge in [-0.2, -0.15) is 0 Å². The second kappa shape index (κ2) is 8.47. The van der Waals surface area contributed by atoms with Crippen molar-refractivity contribution in [1.82, 2.24) is 15.5 Å². The molecular formula is C23H26N4O2. The number of aromatic nitrogens is 2. The first-order valence-corrected chi connectivity index (χ1v) is 10.2. The average Bonchev–Trinajstić information content (AvgIpc) is 3.44. The van der Waals surface area contributed by atoms with Crippen molar-refractivity contribution in [2.24, 2.45) is 0 Å². The molecule has 1 saturated heterocycles. The van der Waals surface area contributed by atoms with E-state index in [0.29, 0.717) is 23.4 Å². The molecule has 2 heterocycles. The van der Waals surface area contributed by atoms with Crippen molar-refractivity contribution in [2.45, 2.75) is 38.6 Å². The molecule has 1 N–H and O–H groups in total. The lowest BCUT2D eigenvalue weighted by atomic mass is 10.0. The number of nitrogens with zero attached hydrogens (tertiary/aromatic N) is 3. The number of rotatable bonds is 6. The molecule has 2 aromatic carbocycles. The van der Waals surface area contributed by atoms with Crippen LogP contribution in [0.1, 0.15) is 66.0 Å². The Bertz CT molecular complexity index is 945. The maximum atomic E-state index is 12.9. The van der Waals surface area contributed by atoms with Crippen LogP contribution in [0.4, 0.5) is 6.01 Å². The van der Waals surface area contributed by atoms with Gasteiger partial charge in [0, 0.05) is 18.7 Å². The molecule has 0 spiro atoms. The molecule has 1 unspecified atom stereocenters. The average molecular weight is 390 g/mol. The van der Waals surface area contributed by atoms with Crippen molar-refractivity contribution in [3.63, 3.8) is 0 Å². The second-order valence-corrected chi connectivity index (χ2v) is 7.71. The zero-order chi connectivity index (χ0) is 20.2. The number of carbonyl (C=O) groups is 1. The van der Waals surface area contributed by atoms with E-state index in [2.05, 4.69) is 34.3 Å². The highest BCUT2D eigenvalue weighted by Crippen LogP contribution is 2.26. The van der Waals surface area contributed by atoms with Crippen molar-refractivity contribution in [3.05, 3.63) is 77.2 Å². The molecule has 1 aromatic heterocycles. The third kappa shape index (κ3) is 4.31. The van der Waals surface area contributed by atoms with Crippen molar-refractivity contribution in [1.29, 1.82) is 0 Å². The molecule has 1 amide bonds. The molecule has 150 valence electrons. The maximum absolute atomic E-state index is 12.9. The van der Waals surface area contributed by atoms with Gasteiger partial charge >= 0.3 is 6.01 Å². The standard InChI is InChI=1S/C23H26N4O2/c1-16(2)17-10-12-19(13-11-17)21(28)24-20(18-8-4-3-5-9-18)22-25-26-23(29-22)27-14-6-7-15-27/h3-5,8-13,16,20H,6-7,14-15H2,1-2H3,(H,24,28). The topological polar surface area (TPSA) is 71.3 Å². The van der Waals surface area contributed by atoms with Crippen LogP contribution in [-0.2, 0) is 0 Å². The summed E-state index contributed by atoms with van der Waals surface area (Å²) in [5, 5.41) is 11.5. The molecule has 1 aliphatic rings. The van der Waals surface area contributed by atoms with Crippen LogP contribution in [0.3, 0.4) is 0 Å². The normalized spacial score (nSPS) is 14.9. The summed E-state index contributed by atoms with van der Waals surface area (Å²) in [6.07, 6.45) is 2.26. The first kappa shape index (κ1) is 19.2. The predicted molar refractivity (Wildman–Crippen MR) is 112 cm³/mol. The number of benzene rings is 2. The highest BCUT2D eigenvalue weighted by Gasteiger charge is 2.26. The van der Waals surface area contributed by atoms with Gasteiger partial charge < -0.3 is 14.6 Å². The second-order valence-electron chi connectivity index (χ2n) is 7.71. The smallest absolute Gasteiger partial charge is 0.318 e. The maximum Gasteiger partial charge on any atom is 0.318 e. The van der Waals surface area contributed by atoms with Crippen LogP contribution in [0.25, 0.3) is 0 Å². The Balaban J connectivity index is 1.58. The van der Waals surface area contributed by atoms with E-state index in [0.717, 1.165) is 31.5 Å². The van der Waals surface area contributed by atoms with E-state index >= 15 is 0 Å². The Labute approximate surface area is 170 Å². The summed E-state index contributed by atoms with van der Waals surface area (Å²) in [5.74, 6) is 0.645. The van der Waals surface area contributed by atoms with E-state index < -0.39 is 6.04 Å². The van der Waals surface area contributed by atoms with Gasteiger partial charge in [-0.15, -0.1) is 5.10 Å². The lowest BCUT2D eigenvalue weighted by Gasteiger charge is -2.16. The predicted octanol–water partition coefficient (Wildman–Crippen LogP) is 4.31.